The zero-order chi connectivity index (χ0) is 15.0. The number of aliphatic carboxylic acids is 1. The number of benzene rings is 1. The zero-order valence-electron chi connectivity index (χ0n) is 11.4. The second-order valence-corrected chi connectivity index (χ2v) is 5.03. The Hall–Kier alpha value is -2.34. The molecule has 2 aliphatic heterocycles. The summed E-state index contributed by atoms with van der Waals surface area (Å²) in [5, 5.41) is 12.0. The summed E-state index contributed by atoms with van der Waals surface area (Å²) < 4.78 is 10.7. The highest BCUT2D eigenvalue weighted by Gasteiger charge is 2.53. The van der Waals surface area contributed by atoms with Crippen LogP contribution in [0.15, 0.2) is 36.4 Å². The molecule has 0 aliphatic carbocycles. The molecule has 1 aromatic carbocycles. The molecular formula is C15H15NO5. The summed E-state index contributed by atoms with van der Waals surface area (Å²) in [7, 11) is 1.51. The van der Waals surface area contributed by atoms with E-state index in [9.17, 15) is 14.7 Å². The van der Waals surface area contributed by atoms with Crippen LogP contribution < -0.4 is 10.1 Å². The number of para-hydroxylation sites is 2. The molecule has 2 heterocycles. The van der Waals surface area contributed by atoms with Crippen molar-refractivity contribution in [3.63, 3.8) is 0 Å². The number of carbonyl (C=O) groups excluding carboxylic acids is 1. The quantitative estimate of drug-likeness (QED) is 0.816. The first-order valence-electron chi connectivity index (χ1n) is 6.62. The Kier molecular flexibility index (Phi) is 3.39. The van der Waals surface area contributed by atoms with Gasteiger partial charge in [-0.05, 0) is 12.1 Å². The van der Waals surface area contributed by atoms with Gasteiger partial charge in [0.2, 0.25) is 5.91 Å². The van der Waals surface area contributed by atoms with E-state index >= 15 is 0 Å². The van der Waals surface area contributed by atoms with Gasteiger partial charge in [0.1, 0.15) is 11.7 Å². The topological polar surface area (TPSA) is 84.9 Å². The summed E-state index contributed by atoms with van der Waals surface area (Å²) in [6.45, 7) is 0. The number of anilines is 1. The predicted octanol–water partition coefficient (Wildman–Crippen LogP) is 1.29. The number of carboxylic acid groups (broad SMARTS) is 1. The van der Waals surface area contributed by atoms with Crippen molar-refractivity contribution in [3.8, 4) is 5.75 Å². The Labute approximate surface area is 121 Å². The lowest BCUT2D eigenvalue weighted by atomic mass is 9.82. The van der Waals surface area contributed by atoms with Gasteiger partial charge in [0.25, 0.3) is 0 Å². The molecular weight excluding hydrogens is 274 g/mol. The molecule has 110 valence electrons. The second-order valence-electron chi connectivity index (χ2n) is 5.03. The van der Waals surface area contributed by atoms with E-state index in [1.54, 1.807) is 36.4 Å². The average Bonchev–Trinajstić information content (AvgIpc) is 3.08. The van der Waals surface area contributed by atoms with Crippen LogP contribution in [0.1, 0.15) is 0 Å². The summed E-state index contributed by atoms with van der Waals surface area (Å²) in [5.41, 5.74) is 0.515. The number of methoxy groups -OCH3 is 1. The summed E-state index contributed by atoms with van der Waals surface area (Å²) in [6.07, 6.45) is 2.44. The van der Waals surface area contributed by atoms with Gasteiger partial charge in [-0.3, -0.25) is 9.59 Å². The highest BCUT2D eigenvalue weighted by Crippen LogP contribution is 2.40. The van der Waals surface area contributed by atoms with Gasteiger partial charge in [0, 0.05) is 0 Å². The molecule has 0 spiro atoms. The molecule has 2 aliphatic rings. The molecule has 1 amide bonds. The van der Waals surface area contributed by atoms with E-state index in [-0.39, 0.29) is 5.91 Å². The van der Waals surface area contributed by atoms with Crippen LogP contribution in [0, 0.1) is 11.8 Å². The monoisotopic (exact) mass is 289 g/mol. The lowest BCUT2D eigenvalue weighted by Crippen LogP contribution is -2.39. The fourth-order valence-corrected chi connectivity index (χ4v) is 2.88. The number of fused-ring (bicyclic) bond motifs is 2. The highest BCUT2D eigenvalue weighted by molar-refractivity contribution is 5.97. The van der Waals surface area contributed by atoms with Crippen molar-refractivity contribution < 1.29 is 24.2 Å². The van der Waals surface area contributed by atoms with Crippen LogP contribution in [0.4, 0.5) is 5.69 Å². The molecule has 0 saturated carbocycles. The molecule has 0 radical (unpaired) electrons. The molecule has 21 heavy (non-hydrogen) atoms. The fraction of sp³-hybridized carbons (Fsp3) is 0.333. The Bertz CT molecular complexity index is 612. The normalized spacial score (nSPS) is 29.4. The molecule has 6 heteroatoms. The van der Waals surface area contributed by atoms with Gasteiger partial charge < -0.3 is 19.9 Å². The van der Waals surface area contributed by atoms with Crippen molar-refractivity contribution in [1.29, 1.82) is 0 Å². The molecule has 6 nitrogen and oxygen atoms in total. The molecule has 1 fully saturated rings. The van der Waals surface area contributed by atoms with Gasteiger partial charge in [-0.25, -0.2) is 0 Å². The summed E-state index contributed by atoms with van der Waals surface area (Å²) >= 11 is 0. The van der Waals surface area contributed by atoms with Crippen molar-refractivity contribution in [1.82, 2.24) is 0 Å². The minimum atomic E-state index is -1.02. The number of rotatable bonds is 4. The largest absolute Gasteiger partial charge is 0.495 e. The van der Waals surface area contributed by atoms with Gasteiger partial charge in [-0.15, -0.1) is 0 Å². The Morgan fingerprint density at radius 1 is 1.19 bits per heavy atom. The zero-order valence-corrected chi connectivity index (χ0v) is 11.4. The maximum Gasteiger partial charge on any atom is 0.310 e. The number of carboxylic acids is 1. The van der Waals surface area contributed by atoms with E-state index in [1.807, 2.05) is 0 Å². The van der Waals surface area contributed by atoms with Crippen molar-refractivity contribution in [3.05, 3.63) is 36.4 Å². The number of amides is 1. The molecule has 2 bridgehead atoms. The second kappa shape index (κ2) is 5.21. The van der Waals surface area contributed by atoms with E-state index in [1.165, 1.54) is 7.11 Å². The number of carbonyl (C=O) groups is 2. The van der Waals surface area contributed by atoms with E-state index in [2.05, 4.69) is 5.32 Å². The third-order valence-electron chi connectivity index (χ3n) is 3.85. The number of ether oxygens (including phenoxy) is 2. The Morgan fingerprint density at radius 2 is 1.86 bits per heavy atom. The van der Waals surface area contributed by atoms with E-state index in [4.69, 9.17) is 9.47 Å². The van der Waals surface area contributed by atoms with Crippen molar-refractivity contribution >= 4 is 17.6 Å². The average molecular weight is 289 g/mol. The van der Waals surface area contributed by atoms with E-state index in [0.29, 0.717) is 11.4 Å². The smallest absolute Gasteiger partial charge is 0.310 e. The lowest BCUT2D eigenvalue weighted by Gasteiger charge is -2.21. The predicted molar refractivity (Wildman–Crippen MR) is 74.0 cm³/mol. The molecule has 2 N–H and O–H groups in total. The minimum absolute atomic E-state index is 0.372. The van der Waals surface area contributed by atoms with Crippen LogP contribution in [-0.2, 0) is 14.3 Å². The van der Waals surface area contributed by atoms with Crippen LogP contribution in [-0.4, -0.2) is 36.3 Å². The third-order valence-corrected chi connectivity index (χ3v) is 3.85. The van der Waals surface area contributed by atoms with Crippen molar-refractivity contribution in [2.45, 2.75) is 12.2 Å². The van der Waals surface area contributed by atoms with E-state index < -0.39 is 30.0 Å². The van der Waals surface area contributed by atoms with E-state index in [0.717, 1.165) is 0 Å². The van der Waals surface area contributed by atoms with Crippen molar-refractivity contribution in [2.75, 3.05) is 12.4 Å². The van der Waals surface area contributed by atoms with Crippen LogP contribution in [0.3, 0.4) is 0 Å². The Balaban J connectivity index is 1.82. The first kappa shape index (κ1) is 13.6. The van der Waals surface area contributed by atoms with Crippen LogP contribution in [0.25, 0.3) is 0 Å². The first-order chi connectivity index (χ1) is 10.1. The number of nitrogens with one attached hydrogen (secondary N) is 1. The van der Waals surface area contributed by atoms with Crippen molar-refractivity contribution in [2.24, 2.45) is 11.8 Å². The van der Waals surface area contributed by atoms with Gasteiger partial charge in [-0.2, -0.15) is 0 Å². The van der Waals surface area contributed by atoms with Crippen LogP contribution >= 0.6 is 0 Å². The SMILES string of the molecule is COc1ccccc1NC(=O)[C@@H]1[C@@H](C(=O)O)[C@@H]2C=C[C@H]1O2. The summed E-state index contributed by atoms with van der Waals surface area (Å²) in [5.74, 6) is -2.45. The molecule has 1 aromatic rings. The first-order valence-corrected chi connectivity index (χ1v) is 6.62. The van der Waals surface area contributed by atoms with Crippen LogP contribution in [0.2, 0.25) is 0 Å². The third kappa shape index (κ3) is 2.27. The molecule has 0 aromatic heterocycles. The fourth-order valence-electron chi connectivity index (χ4n) is 2.88. The van der Waals surface area contributed by atoms with Gasteiger partial charge in [0.15, 0.2) is 0 Å². The lowest BCUT2D eigenvalue weighted by molar-refractivity contribution is -0.145. The minimum Gasteiger partial charge on any atom is -0.495 e. The summed E-state index contributed by atoms with van der Waals surface area (Å²) in [6, 6.07) is 6.99. The highest BCUT2D eigenvalue weighted by atomic mass is 16.5. The van der Waals surface area contributed by atoms with Gasteiger partial charge >= 0.3 is 5.97 Å². The molecule has 1 saturated heterocycles. The Morgan fingerprint density at radius 3 is 2.52 bits per heavy atom. The van der Waals surface area contributed by atoms with Gasteiger partial charge in [0.05, 0.1) is 30.9 Å². The maximum absolute atomic E-state index is 12.4. The standard InChI is InChI=1S/C15H15NO5/c1-20-9-5-3-2-4-8(9)16-14(17)12-10-6-7-11(21-10)13(12)15(18)19/h2-7,10-13H,1H3,(H,16,17)(H,18,19)/t10-,11+,12+,13+/m1/s1. The van der Waals surface area contributed by atoms with Crippen LogP contribution in [0.5, 0.6) is 5.75 Å². The summed E-state index contributed by atoms with van der Waals surface area (Å²) in [4.78, 5) is 23.8. The number of hydrogen-bond acceptors (Lipinski definition) is 4. The molecule has 0 unspecified atom stereocenters. The van der Waals surface area contributed by atoms with Gasteiger partial charge in [-0.1, -0.05) is 24.3 Å². The maximum atomic E-state index is 12.4. The molecule has 4 atom stereocenters. The molecule has 3 rings (SSSR count). The number of hydrogen-bond donors (Lipinski definition) is 2.